The number of aryl methyl sites for hydroxylation is 1. The van der Waals surface area contributed by atoms with Gasteiger partial charge in [0.1, 0.15) is 5.82 Å². The standard InChI is InChI=1S/C10H14FN3/c1-3-13-10(12)14-9-6-8(11)5-4-7(9)2/h4-6H,3H2,1-2H3,(H3,12,13,14). The summed E-state index contributed by atoms with van der Waals surface area (Å²) < 4.78 is 12.9. The van der Waals surface area contributed by atoms with Gasteiger partial charge in [-0.25, -0.2) is 4.39 Å². The Morgan fingerprint density at radius 1 is 1.57 bits per heavy atom. The van der Waals surface area contributed by atoms with E-state index in [1.807, 2.05) is 13.8 Å². The molecule has 0 saturated heterocycles. The van der Waals surface area contributed by atoms with Gasteiger partial charge in [0.2, 0.25) is 0 Å². The molecule has 0 amide bonds. The number of halogens is 1. The summed E-state index contributed by atoms with van der Waals surface area (Å²) in [4.78, 5) is 3.95. The number of rotatable bonds is 2. The van der Waals surface area contributed by atoms with Gasteiger partial charge in [-0.1, -0.05) is 6.07 Å². The molecule has 0 saturated carbocycles. The number of guanidine groups is 1. The molecule has 0 aliphatic heterocycles. The molecule has 0 bridgehead atoms. The van der Waals surface area contributed by atoms with Crippen LogP contribution in [0.3, 0.4) is 0 Å². The van der Waals surface area contributed by atoms with Gasteiger partial charge >= 0.3 is 0 Å². The fourth-order valence-electron chi connectivity index (χ4n) is 1.08. The van der Waals surface area contributed by atoms with Crippen molar-refractivity contribution in [1.82, 2.24) is 0 Å². The summed E-state index contributed by atoms with van der Waals surface area (Å²) in [5, 5.41) is 2.84. The quantitative estimate of drug-likeness (QED) is 0.559. The van der Waals surface area contributed by atoms with E-state index >= 15 is 0 Å². The van der Waals surface area contributed by atoms with Crippen LogP contribution in [0.2, 0.25) is 0 Å². The van der Waals surface area contributed by atoms with Gasteiger partial charge in [0.15, 0.2) is 5.96 Å². The summed E-state index contributed by atoms with van der Waals surface area (Å²) in [6.45, 7) is 4.36. The van der Waals surface area contributed by atoms with Crippen LogP contribution in [0.25, 0.3) is 0 Å². The Morgan fingerprint density at radius 2 is 2.29 bits per heavy atom. The molecule has 0 fully saturated rings. The summed E-state index contributed by atoms with van der Waals surface area (Å²) in [6.07, 6.45) is 0. The summed E-state index contributed by atoms with van der Waals surface area (Å²) in [5.74, 6) is 0.0172. The Kier molecular flexibility index (Phi) is 3.45. The molecule has 1 aromatic carbocycles. The van der Waals surface area contributed by atoms with Crippen molar-refractivity contribution in [3.63, 3.8) is 0 Å². The molecule has 0 aliphatic rings. The molecule has 1 aromatic rings. The van der Waals surface area contributed by atoms with E-state index in [-0.39, 0.29) is 5.82 Å². The lowest BCUT2D eigenvalue weighted by molar-refractivity contribution is 0.628. The van der Waals surface area contributed by atoms with E-state index in [1.54, 1.807) is 6.07 Å². The van der Waals surface area contributed by atoms with Crippen molar-refractivity contribution in [2.75, 3.05) is 11.9 Å². The van der Waals surface area contributed by atoms with E-state index in [0.717, 1.165) is 5.56 Å². The molecule has 0 aromatic heterocycles. The number of benzene rings is 1. The van der Waals surface area contributed by atoms with Gasteiger partial charge in [-0.15, -0.1) is 0 Å². The first-order valence-corrected chi connectivity index (χ1v) is 4.46. The molecule has 4 heteroatoms. The minimum Gasteiger partial charge on any atom is -0.370 e. The largest absolute Gasteiger partial charge is 0.370 e. The average molecular weight is 195 g/mol. The summed E-state index contributed by atoms with van der Waals surface area (Å²) in [5.41, 5.74) is 7.14. The van der Waals surface area contributed by atoms with Crippen LogP contribution >= 0.6 is 0 Å². The maximum Gasteiger partial charge on any atom is 0.193 e. The van der Waals surface area contributed by atoms with Crippen molar-refractivity contribution in [1.29, 1.82) is 0 Å². The fourth-order valence-corrected chi connectivity index (χ4v) is 1.08. The number of nitrogens with zero attached hydrogens (tertiary/aromatic N) is 1. The molecule has 0 atom stereocenters. The molecule has 0 heterocycles. The van der Waals surface area contributed by atoms with Crippen molar-refractivity contribution in [3.05, 3.63) is 29.6 Å². The van der Waals surface area contributed by atoms with Crippen molar-refractivity contribution in [2.24, 2.45) is 10.7 Å². The molecule has 3 nitrogen and oxygen atoms in total. The first-order chi connectivity index (χ1) is 6.63. The van der Waals surface area contributed by atoms with E-state index in [0.29, 0.717) is 18.2 Å². The maximum atomic E-state index is 12.9. The predicted molar refractivity (Wildman–Crippen MR) is 56.9 cm³/mol. The van der Waals surface area contributed by atoms with Crippen molar-refractivity contribution in [2.45, 2.75) is 13.8 Å². The van der Waals surface area contributed by atoms with Crippen LogP contribution in [0.5, 0.6) is 0 Å². The van der Waals surface area contributed by atoms with Gasteiger partial charge in [0.05, 0.1) is 0 Å². The van der Waals surface area contributed by atoms with Crippen LogP contribution in [0.15, 0.2) is 23.2 Å². The molecule has 0 unspecified atom stereocenters. The number of aliphatic imine (C=N–C) groups is 1. The van der Waals surface area contributed by atoms with E-state index in [4.69, 9.17) is 5.73 Å². The lowest BCUT2D eigenvalue weighted by Gasteiger charge is -2.08. The van der Waals surface area contributed by atoms with E-state index in [9.17, 15) is 4.39 Å². The smallest absolute Gasteiger partial charge is 0.193 e. The predicted octanol–water partition coefficient (Wildman–Crippen LogP) is 1.88. The number of hydrogen-bond acceptors (Lipinski definition) is 1. The van der Waals surface area contributed by atoms with Crippen LogP contribution in [-0.4, -0.2) is 12.5 Å². The van der Waals surface area contributed by atoms with Crippen molar-refractivity contribution in [3.8, 4) is 0 Å². The highest BCUT2D eigenvalue weighted by molar-refractivity contribution is 5.92. The van der Waals surface area contributed by atoms with Crippen LogP contribution in [0.4, 0.5) is 10.1 Å². The highest BCUT2D eigenvalue weighted by Crippen LogP contribution is 2.15. The third kappa shape index (κ3) is 2.73. The third-order valence-electron chi connectivity index (χ3n) is 1.79. The molecule has 3 N–H and O–H groups in total. The molecule has 1 rings (SSSR count). The van der Waals surface area contributed by atoms with Crippen LogP contribution in [-0.2, 0) is 0 Å². The number of nitrogens with one attached hydrogen (secondary N) is 1. The van der Waals surface area contributed by atoms with Crippen LogP contribution in [0.1, 0.15) is 12.5 Å². The van der Waals surface area contributed by atoms with Gasteiger partial charge in [-0.2, -0.15) is 0 Å². The minimum absolute atomic E-state index is 0.289. The second kappa shape index (κ2) is 4.60. The zero-order valence-corrected chi connectivity index (χ0v) is 8.34. The molecular weight excluding hydrogens is 181 g/mol. The van der Waals surface area contributed by atoms with E-state index in [2.05, 4.69) is 10.3 Å². The molecule has 0 aliphatic carbocycles. The van der Waals surface area contributed by atoms with Gasteiger partial charge in [-0.3, -0.25) is 4.99 Å². The number of hydrogen-bond donors (Lipinski definition) is 2. The Labute approximate surface area is 82.8 Å². The normalized spacial score (nSPS) is 11.5. The Morgan fingerprint density at radius 3 is 2.93 bits per heavy atom. The summed E-state index contributed by atoms with van der Waals surface area (Å²) in [7, 11) is 0. The lowest BCUT2D eigenvalue weighted by atomic mass is 10.2. The topological polar surface area (TPSA) is 50.4 Å². The Hall–Kier alpha value is -1.58. The molecular formula is C10H14FN3. The monoisotopic (exact) mass is 195 g/mol. The maximum absolute atomic E-state index is 12.9. The van der Waals surface area contributed by atoms with Crippen LogP contribution < -0.4 is 11.1 Å². The average Bonchev–Trinajstić information content (AvgIpc) is 2.12. The molecule has 76 valence electrons. The summed E-state index contributed by atoms with van der Waals surface area (Å²) in [6, 6.07) is 4.50. The Balaban J connectivity index is 2.85. The number of anilines is 1. The third-order valence-corrected chi connectivity index (χ3v) is 1.79. The zero-order valence-electron chi connectivity index (χ0n) is 8.34. The van der Waals surface area contributed by atoms with Gasteiger partial charge in [0.25, 0.3) is 0 Å². The second-order valence-corrected chi connectivity index (χ2v) is 2.94. The first-order valence-electron chi connectivity index (χ1n) is 4.46. The van der Waals surface area contributed by atoms with E-state index < -0.39 is 0 Å². The highest BCUT2D eigenvalue weighted by atomic mass is 19.1. The van der Waals surface area contributed by atoms with Gasteiger partial charge in [-0.05, 0) is 31.5 Å². The highest BCUT2D eigenvalue weighted by Gasteiger charge is 2.00. The van der Waals surface area contributed by atoms with E-state index in [1.165, 1.54) is 12.1 Å². The zero-order chi connectivity index (χ0) is 10.6. The molecule has 0 spiro atoms. The minimum atomic E-state index is -0.289. The second-order valence-electron chi connectivity index (χ2n) is 2.94. The summed E-state index contributed by atoms with van der Waals surface area (Å²) >= 11 is 0. The van der Waals surface area contributed by atoms with Crippen molar-refractivity contribution >= 4 is 11.6 Å². The Bertz CT molecular complexity index is 347. The molecule has 14 heavy (non-hydrogen) atoms. The first kappa shape index (κ1) is 10.5. The number of nitrogens with two attached hydrogens (primary N) is 1. The molecule has 0 radical (unpaired) electrons. The fraction of sp³-hybridized carbons (Fsp3) is 0.300. The lowest BCUT2D eigenvalue weighted by Crippen LogP contribution is -2.23. The van der Waals surface area contributed by atoms with Gasteiger partial charge in [0, 0.05) is 12.2 Å². The van der Waals surface area contributed by atoms with Crippen molar-refractivity contribution < 1.29 is 4.39 Å². The SMILES string of the molecule is CCN=C(N)Nc1cc(F)ccc1C. The van der Waals surface area contributed by atoms with Gasteiger partial charge < -0.3 is 11.1 Å². The van der Waals surface area contributed by atoms with Crippen LogP contribution in [0, 0.1) is 12.7 Å².